The molecule has 1 aliphatic rings. The molecule has 1 saturated carbocycles. The van der Waals surface area contributed by atoms with E-state index in [4.69, 9.17) is 9.84 Å². The number of anilines is 1. The minimum Gasteiger partial charge on any atom is -0.494 e. The van der Waals surface area contributed by atoms with Gasteiger partial charge in [-0.2, -0.15) is 0 Å². The first-order chi connectivity index (χ1) is 8.57. The van der Waals surface area contributed by atoms with Gasteiger partial charge in [0.15, 0.2) is 0 Å². The average Bonchev–Trinajstić information content (AvgIpc) is 3.11. The third kappa shape index (κ3) is 2.58. The molecule has 0 bridgehead atoms. The third-order valence-corrected chi connectivity index (χ3v) is 3.44. The fraction of sp³-hybridized carbons (Fsp3) is 0.500. The van der Waals surface area contributed by atoms with Crippen molar-refractivity contribution in [2.24, 2.45) is 5.41 Å². The first-order valence-corrected chi connectivity index (χ1v) is 6.25. The molecule has 2 rings (SSSR count). The summed E-state index contributed by atoms with van der Waals surface area (Å²) in [5.41, 5.74) is 0.499. The highest BCUT2D eigenvalue weighted by atomic mass is 16.5. The zero-order valence-electron chi connectivity index (χ0n) is 10.8. The van der Waals surface area contributed by atoms with Crippen molar-refractivity contribution < 1.29 is 14.6 Å². The predicted molar refractivity (Wildman–Crippen MR) is 70.2 cm³/mol. The van der Waals surface area contributed by atoms with E-state index in [1.807, 2.05) is 43.1 Å². The van der Waals surface area contributed by atoms with Crippen LogP contribution in [0.4, 0.5) is 5.69 Å². The van der Waals surface area contributed by atoms with Crippen LogP contribution in [0.3, 0.4) is 0 Å². The van der Waals surface area contributed by atoms with Crippen molar-refractivity contribution in [1.82, 2.24) is 0 Å². The molecule has 0 atom stereocenters. The Morgan fingerprint density at radius 2 is 2.00 bits per heavy atom. The number of carboxylic acid groups (broad SMARTS) is 1. The monoisotopic (exact) mass is 249 g/mol. The van der Waals surface area contributed by atoms with E-state index >= 15 is 0 Å². The Balaban J connectivity index is 2.00. The molecule has 0 aromatic heterocycles. The molecule has 1 aromatic carbocycles. The standard InChI is InChI=1S/C14H19NO3/c1-3-18-12-6-4-11(5-7-12)15(2)10-14(8-9-14)13(16)17/h4-7H,3,8-10H2,1-2H3,(H,16,17). The Bertz CT molecular complexity index is 423. The molecule has 1 fully saturated rings. The largest absolute Gasteiger partial charge is 0.494 e. The van der Waals surface area contributed by atoms with Gasteiger partial charge in [0, 0.05) is 19.3 Å². The summed E-state index contributed by atoms with van der Waals surface area (Å²) in [6, 6.07) is 7.75. The van der Waals surface area contributed by atoms with E-state index in [-0.39, 0.29) is 0 Å². The minimum absolute atomic E-state index is 0.520. The number of carboxylic acids is 1. The lowest BCUT2D eigenvalue weighted by atomic mass is 10.1. The number of benzene rings is 1. The van der Waals surface area contributed by atoms with Crippen LogP contribution >= 0.6 is 0 Å². The number of hydrogen-bond donors (Lipinski definition) is 1. The summed E-state index contributed by atoms with van der Waals surface area (Å²) < 4.78 is 5.38. The van der Waals surface area contributed by atoms with Crippen LogP contribution in [0.25, 0.3) is 0 Å². The van der Waals surface area contributed by atoms with Crippen LogP contribution in [0.15, 0.2) is 24.3 Å². The lowest BCUT2D eigenvalue weighted by Crippen LogP contribution is -2.31. The van der Waals surface area contributed by atoms with Gasteiger partial charge in [-0.3, -0.25) is 4.79 Å². The Kier molecular flexibility index (Phi) is 3.45. The molecule has 0 unspecified atom stereocenters. The summed E-state index contributed by atoms with van der Waals surface area (Å²) in [6.07, 6.45) is 1.56. The molecule has 18 heavy (non-hydrogen) atoms. The Morgan fingerprint density at radius 1 is 1.39 bits per heavy atom. The van der Waals surface area contributed by atoms with Crippen molar-refractivity contribution in [3.63, 3.8) is 0 Å². The lowest BCUT2D eigenvalue weighted by Gasteiger charge is -2.23. The van der Waals surface area contributed by atoms with Crippen LogP contribution in [0.1, 0.15) is 19.8 Å². The maximum Gasteiger partial charge on any atom is 0.311 e. The summed E-state index contributed by atoms with van der Waals surface area (Å²) in [4.78, 5) is 13.1. The molecule has 1 aliphatic carbocycles. The molecular formula is C14H19NO3. The first-order valence-electron chi connectivity index (χ1n) is 6.25. The number of rotatable bonds is 6. The maximum absolute atomic E-state index is 11.1. The van der Waals surface area contributed by atoms with Crippen molar-refractivity contribution in [3.05, 3.63) is 24.3 Å². The van der Waals surface area contributed by atoms with E-state index in [0.29, 0.717) is 13.2 Å². The molecule has 4 nitrogen and oxygen atoms in total. The van der Waals surface area contributed by atoms with Crippen molar-refractivity contribution in [1.29, 1.82) is 0 Å². The molecule has 4 heteroatoms. The van der Waals surface area contributed by atoms with Gasteiger partial charge in [-0.25, -0.2) is 0 Å². The second kappa shape index (κ2) is 4.88. The lowest BCUT2D eigenvalue weighted by molar-refractivity contribution is -0.142. The van der Waals surface area contributed by atoms with Crippen molar-refractivity contribution in [2.45, 2.75) is 19.8 Å². The van der Waals surface area contributed by atoms with Gasteiger partial charge in [-0.15, -0.1) is 0 Å². The smallest absolute Gasteiger partial charge is 0.311 e. The number of ether oxygens (including phenoxy) is 1. The van der Waals surface area contributed by atoms with Gasteiger partial charge in [-0.05, 0) is 44.0 Å². The molecule has 0 spiro atoms. The normalized spacial score (nSPS) is 16.1. The number of aliphatic carboxylic acids is 1. The van der Waals surface area contributed by atoms with Gasteiger partial charge in [0.2, 0.25) is 0 Å². The minimum atomic E-state index is -0.680. The van der Waals surface area contributed by atoms with E-state index in [1.54, 1.807) is 0 Å². The Labute approximate surface area is 107 Å². The molecule has 0 aliphatic heterocycles. The van der Waals surface area contributed by atoms with Crippen molar-refractivity contribution in [3.8, 4) is 5.75 Å². The number of nitrogens with zero attached hydrogens (tertiary/aromatic N) is 1. The van der Waals surface area contributed by atoms with Crippen LogP contribution in [0.2, 0.25) is 0 Å². The van der Waals surface area contributed by atoms with E-state index in [0.717, 1.165) is 24.3 Å². The highest BCUT2D eigenvalue weighted by Gasteiger charge is 2.50. The quantitative estimate of drug-likeness (QED) is 0.841. The second-order valence-corrected chi connectivity index (χ2v) is 4.87. The third-order valence-electron chi connectivity index (χ3n) is 3.44. The van der Waals surface area contributed by atoms with Crippen LogP contribution in [0, 0.1) is 5.41 Å². The fourth-order valence-corrected chi connectivity index (χ4v) is 2.10. The van der Waals surface area contributed by atoms with Crippen LogP contribution in [-0.4, -0.2) is 31.3 Å². The fourth-order valence-electron chi connectivity index (χ4n) is 2.10. The SMILES string of the molecule is CCOc1ccc(N(C)CC2(C(=O)O)CC2)cc1. The summed E-state index contributed by atoms with van der Waals surface area (Å²) in [6.45, 7) is 3.16. The molecular weight excluding hydrogens is 230 g/mol. The Hall–Kier alpha value is -1.71. The molecule has 1 N–H and O–H groups in total. The second-order valence-electron chi connectivity index (χ2n) is 4.87. The van der Waals surface area contributed by atoms with E-state index in [2.05, 4.69) is 0 Å². The Morgan fingerprint density at radius 3 is 2.44 bits per heavy atom. The highest BCUT2D eigenvalue weighted by Crippen LogP contribution is 2.46. The molecule has 1 aromatic rings. The number of hydrogen-bond acceptors (Lipinski definition) is 3. The summed E-state index contributed by atoms with van der Waals surface area (Å²) in [5.74, 6) is 0.161. The van der Waals surface area contributed by atoms with Gasteiger partial charge in [0.05, 0.1) is 12.0 Å². The van der Waals surface area contributed by atoms with Gasteiger partial charge in [0.25, 0.3) is 0 Å². The van der Waals surface area contributed by atoms with Gasteiger partial charge >= 0.3 is 5.97 Å². The van der Waals surface area contributed by atoms with E-state index in [9.17, 15) is 4.79 Å². The highest BCUT2D eigenvalue weighted by molar-refractivity contribution is 5.78. The van der Waals surface area contributed by atoms with E-state index < -0.39 is 11.4 Å². The zero-order chi connectivity index (χ0) is 13.2. The molecule has 0 amide bonds. The summed E-state index contributed by atoms with van der Waals surface area (Å²) in [5, 5.41) is 9.17. The molecule has 0 saturated heterocycles. The molecule has 0 radical (unpaired) electrons. The summed E-state index contributed by atoms with van der Waals surface area (Å²) in [7, 11) is 1.93. The van der Waals surface area contributed by atoms with Crippen LogP contribution in [0.5, 0.6) is 5.75 Å². The van der Waals surface area contributed by atoms with Crippen LogP contribution in [-0.2, 0) is 4.79 Å². The van der Waals surface area contributed by atoms with Gasteiger partial charge in [0.1, 0.15) is 5.75 Å². The molecule has 98 valence electrons. The first kappa shape index (κ1) is 12.7. The van der Waals surface area contributed by atoms with Crippen molar-refractivity contribution in [2.75, 3.05) is 25.1 Å². The van der Waals surface area contributed by atoms with E-state index in [1.165, 1.54) is 0 Å². The van der Waals surface area contributed by atoms with Gasteiger partial charge < -0.3 is 14.7 Å². The molecule has 0 heterocycles. The maximum atomic E-state index is 11.1. The topological polar surface area (TPSA) is 49.8 Å². The average molecular weight is 249 g/mol. The van der Waals surface area contributed by atoms with Crippen molar-refractivity contribution >= 4 is 11.7 Å². The predicted octanol–water partition coefficient (Wildman–Crippen LogP) is 2.39. The number of carbonyl (C=O) groups is 1. The summed E-state index contributed by atoms with van der Waals surface area (Å²) >= 11 is 0. The zero-order valence-corrected chi connectivity index (χ0v) is 10.8. The van der Waals surface area contributed by atoms with Gasteiger partial charge in [-0.1, -0.05) is 0 Å². The van der Waals surface area contributed by atoms with Crippen LogP contribution < -0.4 is 9.64 Å².